The maximum atomic E-state index is 8.96. The molecular weight excluding hydrogens is 700 g/mol. The number of aliphatic hydroxyl groups is 2. The molecule has 2 aromatic heterocycles. The normalized spacial score (nSPS) is 16.8. The summed E-state index contributed by atoms with van der Waals surface area (Å²) in [7, 11) is 0. The van der Waals surface area contributed by atoms with Crippen LogP contribution in [0.3, 0.4) is 0 Å². The lowest BCUT2D eigenvalue weighted by Crippen LogP contribution is -2.40. The van der Waals surface area contributed by atoms with Crippen LogP contribution in [0, 0.1) is 0 Å². The van der Waals surface area contributed by atoms with Crippen molar-refractivity contribution in [2.45, 2.75) is 37.8 Å². The Balaban J connectivity index is 0.000000163. The van der Waals surface area contributed by atoms with Crippen LogP contribution in [0.1, 0.15) is 25.7 Å². The van der Waals surface area contributed by atoms with Gasteiger partial charge in [0.1, 0.15) is 11.0 Å². The molecule has 232 valence electrons. The Hall–Kier alpha value is -2.03. The Labute approximate surface area is 274 Å². The Morgan fingerprint density at radius 3 is 1.84 bits per heavy atom. The van der Waals surface area contributed by atoms with Crippen molar-refractivity contribution in [3.8, 4) is 0 Å². The van der Waals surface area contributed by atoms with Crippen molar-refractivity contribution in [2.75, 3.05) is 57.8 Å². The van der Waals surface area contributed by atoms with Crippen LogP contribution in [0.25, 0.3) is 22.1 Å². The highest BCUT2D eigenvalue weighted by Crippen LogP contribution is 2.20. The number of aliphatic hydroxyl groups excluding tert-OH is 2. The molecule has 5 N–H and O–H groups in total. The molecule has 0 aliphatic carbocycles. The van der Waals surface area contributed by atoms with Crippen LogP contribution in [-0.4, -0.2) is 105 Å². The molecule has 0 unspecified atom stereocenters. The van der Waals surface area contributed by atoms with Gasteiger partial charge >= 0.3 is 0 Å². The van der Waals surface area contributed by atoms with Gasteiger partial charge in [0.25, 0.3) is 0 Å². The van der Waals surface area contributed by atoms with Crippen molar-refractivity contribution in [2.24, 2.45) is 5.73 Å². The number of nitrogens with zero attached hydrogens (tertiary/aromatic N) is 6. The fourth-order valence-corrected chi connectivity index (χ4v) is 5.82. The van der Waals surface area contributed by atoms with E-state index in [1.165, 1.54) is 6.20 Å². The molecule has 2 fully saturated rings. The average Bonchev–Trinajstić information content (AvgIpc) is 3.00. The lowest BCUT2D eigenvalue weighted by molar-refractivity contribution is 0.165. The van der Waals surface area contributed by atoms with Crippen LogP contribution in [-0.2, 0) is 0 Å². The van der Waals surface area contributed by atoms with Crippen LogP contribution in [0.5, 0.6) is 0 Å². The standard InChI is InChI=1S/C15H19BrN4O.C8H4BrClN2.C7H16N2O/c16-11-1-2-13-14(9-11)19-15(10-17-13)18-12-3-5-20(6-4-12)7-8-21;9-5-1-2-6-7(3-5)12-8(10)4-11-6;8-7-1-3-9(4-2-7)5-6-10/h1-2,9-10,12,21H,3-8H2,(H,18,19);1-4H;7,10H,1-6,8H2. The number of piperidine rings is 2. The molecule has 13 heteroatoms. The number of rotatable bonds is 6. The van der Waals surface area contributed by atoms with E-state index >= 15 is 0 Å². The molecule has 10 nitrogen and oxygen atoms in total. The molecule has 4 heterocycles. The van der Waals surface area contributed by atoms with Crippen molar-refractivity contribution in [3.63, 3.8) is 0 Å². The van der Waals surface area contributed by atoms with E-state index in [-0.39, 0.29) is 13.2 Å². The molecule has 6 rings (SSSR count). The van der Waals surface area contributed by atoms with E-state index in [1.54, 1.807) is 6.20 Å². The van der Waals surface area contributed by atoms with Crippen molar-refractivity contribution < 1.29 is 10.2 Å². The van der Waals surface area contributed by atoms with Crippen LogP contribution < -0.4 is 11.1 Å². The van der Waals surface area contributed by atoms with E-state index in [2.05, 4.69) is 66.9 Å². The first kappa shape index (κ1) is 33.9. The molecule has 0 bridgehead atoms. The Bertz CT molecular complexity index is 1400. The van der Waals surface area contributed by atoms with Gasteiger partial charge in [0.2, 0.25) is 0 Å². The quantitative estimate of drug-likeness (QED) is 0.220. The summed E-state index contributed by atoms with van der Waals surface area (Å²) in [5.74, 6) is 0.834. The molecule has 0 radical (unpaired) electrons. The maximum absolute atomic E-state index is 8.96. The maximum Gasteiger partial charge on any atom is 0.148 e. The Morgan fingerprint density at radius 1 is 0.767 bits per heavy atom. The number of hydrogen-bond donors (Lipinski definition) is 4. The van der Waals surface area contributed by atoms with Crippen LogP contribution in [0.2, 0.25) is 5.15 Å². The first-order valence-electron chi connectivity index (χ1n) is 14.5. The van der Waals surface area contributed by atoms with Gasteiger partial charge in [-0.2, -0.15) is 0 Å². The van der Waals surface area contributed by atoms with Gasteiger partial charge in [-0.05, 0) is 75.2 Å². The third-order valence-electron chi connectivity index (χ3n) is 7.38. The number of fused-ring (bicyclic) bond motifs is 2. The summed E-state index contributed by atoms with van der Waals surface area (Å²) >= 11 is 12.5. The van der Waals surface area contributed by atoms with Crippen molar-refractivity contribution in [1.29, 1.82) is 0 Å². The number of halogens is 3. The van der Waals surface area contributed by atoms with Gasteiger partial charge in [-0.15, -0.1) is 0 Å². The summed E-state index contributed by atoms with van der Waals surface area (Å²) in [6, 6.07) is 12.4. The van der Waals surface area contributed by atoms with E-state index in [4.69, 9.17) is 27.5 Å². The number of anilines is 1. The highest BCUT2D eigenvalue weighted by molar-refractivity contribution is 9.10. The summed E-state index contributed by atoms with van der Waals surface area (Å²) in [4.78, 5) is 21.8. The number of benzene rings is 2. The second-order valence-electron chi connectivity index (χ2n) is 10.6. The summed E-state index contributed by atoms with van der Waals surface area (Å²) in [5, 5.41) is 21.5. The zero-order chi connectivity index (χ0) is 30.6. The zero-order valence-corrected chi connectivity index (χ0v) is 28.0. The smallest absolute Gasteiger partial charge is 0.148 e. The van der Waals surface area contributed by atoms with Crippen LogP contribution in [0.15, 0.2) is 57.7 Å². The van der Waals surface area contributed by atoms with Gasteiger partial charge in [-0.25, -0.2) is 9.97 Å². The predicted molar refractivity (Wildman–Crippen MR) is 180 cm³/mol. The summed E-state index contributed by atoms with van der Waals surface area (Å²) in [6.45, 7) is 6.25. The fraction of sp³-hybridized carbons (Fsp3) is 0.467. The monoisotopic (exact) mass is 736 g/mol. The highest BCUT2D eigenvalue weighted by Gasteiger charge is 2.19. The van der Waals surface area contributed by atoms with E-state index < -0.39 is 0 Å². The largest absolute Gasteiger partial charge is 0.395 e. The SMILES string of the molecule is Clc1cnc2ccc(Br)cc2n1.NC1CCN(CCO)CC1.OCCN1CCC(Nc2cnc3ccc(Br)cc3n2)CC1. The fourth-order valence-electron chi connectivity index (χ4n) is 4.99. The number of likely N-dealkylation sites (tertiary alicyclic amines) is 2. The second kappa shape index (κ2) is 17.5. The third-order valence-corrected chi connectivity index (χ3v) is 8.55. The minimum atomic E-state index is 0.239. The molecule has 0 atom stereocenters. The number of nitrogens with two attached hydrogens (primary N) is 1. The molecule has 2 aliphatic heterocycles. The number of β-amino-alcohol motifs (C(OH)–C–C–N with tert-alkyl or cyclic N) is 2. The lowest BCUT2D eigenvalue weighted by atomic mass is 10.1. The van der Waals surface area contributed by atoms with E-state index in [0.29, 0.717) is 17.2 Å². The third kappa shape index (κ3) is 11.1. The molecular formula is C30H39Br2ClN8O2. The topological polar surface area (TPSA) is 137 Å². The second-order valence-corrected chi connectivity index (χ2v) is 12.8. The Kier molecular flexibility index (Phi) is 13.7. The highest BCUT2D eigenvalue weighted by atomic mass is 79.9. The number of nitrogens with one attached hydrogen (secondary N) is 1. The van der Waals surface area contributed by atoms with Crippen LogP contribution >= 0.6 is 43.5 Å². The molecule has 2 aliphatic rings. The first-order chi connectivity index (χ1) is 20.8. The van der Waals surface area contributed by atoms with E-state index in [9.17, 15) is 0 Å². The Morgan fingerprint density at radius 2 is 1.28 bits per heavy atom. The molecule has 0 spiro atoms. The molecule has 2 aromatic carbocycles. The minimum absolute atomic E-state index is 0.239. The van der Waals surface area contributed by atoms with Gasteiger partial charge in [0.05, 0.1) is 47.7 Å². The zero-order valence-electron chi connectivity index (χ0n) is 24.0. The predicted octanol–water partition coefficient (Wildman–Crippen LogP) is 4.71. The average molecular weight is 739 g/mol. The lowest BCUT2D eigenvalue weighted by Gasteiger charge is -2.32. The first-order valence-corrected chi connectivity index (χ1v) is 16.5. The van der Waals surface area contributed by atoms with Gasteiger partial charge in [-0.1, -0.05) is 43.5 Å². The van der Waals surface area contributed by atoms with Gasteiger partial charge < -0.3 is 31.1 Å². The van der Waals surface area contributed by atoms with Gasteiger partial charge in [0.15, 0.2) is 0 Å². The van der Waals surface area contributed by atoms with E-state index in [1.807, 2.05) is 36.4 Å². The summed E-state index contributed by atoms with van der Waals surface area (Å²) in [5.41, 5.74) is 9.16. The molecule has 43 heavy (non-hydrogen) atoms. The van der Waals surface area contributed by atoms with Gasteiger partial charge in [0, 0.05) is 47.2 Å². The summed E-state index contributed by atoms with van der Waals surface area (Å²) < 4.78 is 1.99. The molecule has 0 saturated carbocycles. The molecule has 2 saturated heterocycles. The number of hydrogen-bond acceptors (Lipinski definition) is 10. The summed E-state index contributed by atoms with van der Waals surface area (Å²) in [6.07, 6.45) is 7.64. The van der Waals surface area contributed by atoms with Crippen LogP contribution in [0.4, 0.5) is 5.82 Å². The number of aromatic nitrogens is 4. The van der Waals surface area contributed by atoms with Crippen molar-refractivity contribution in [1.82, 2.24) is 29.7 Å². The minimum Gasteiger partial charge on any atom is -0.395 e. The van der Waals surface area contributed by atoms with E-state index in [0.717, 1.165) is 102 Å². The van der Waals surface area contributed by atoms with Crippen molar-refractivity contribution >= 4 is 71.3 Å². The molecule has 4 aromatic rings. The van der Waals surface area contributed by atoms with Crippen molar-refractivity contribution in [3.05, 3.63) is 62.9 Å². The van der Waals surface area contributed by atoms with Gasteiger partial charge in [-0.3, -0.25) is 9.97 Å². The molecule has 0 amide bonds.